The van der Waals surface area contributed by atoms with Gasteiger partial charge in [0.2, 0.25) is 0 Å². The number of benzene rings is 2. The molecule has 0 saturated heterocycles. The lowest BCUT2D eigenvalue weighted by molar-refractivity contribution is 0.102. The fourth-order valence-corrected chi connectivity index (χ4v) is 2.01. The highest BCUT2D eigenvalue weighted by atomic mass is 32.1. The molecule has 0 aliphatic rings. The van der Waals surface area contributed by atoms with Crippen molar-refractivity contribution in [1.29, 1.82) is 0 Å². The molecule has 2 nitrogen and oxygen atoms in total. The van der Waals surface area contributed by atoms with Crippen molar-refractivity contribution in [2.75, 3.05) is 5.32 Å². The number of rotatable bonds is 2. The number of amides is 1. The van der Waals surface area contributed by atoms with Gasteiger partial charge in [-0.15, -0.1) is 12.6 Å². The molecule has 0 spiro atoms. The van der Waals surface area contributed by atoms with Crippen LogP contribution in [0.3, 0.4) is 0 Å². The van der Waals surface area contributed by atoms with Gasteiger partial charge in [0.05, 0.1) is 0 Å². The number of carbonyl (C=O) groups is 1. The van der Waals surface area contributed by atoms with Crippen LogP contribution in [0.25, 0.3) is 0 Å². The zero-order chi connectivity index (χ0) is 14.9. The van der Waals surface area contributed by atoms with E-state index in [0.29, 0.717) is 16.0 Å². The molecule has 0 aliphatic heterocycles. The fourth-order valence-electron chi connectivity index (χ4n) is 1.81. The average molecular weight is 293 g/mol. The molecule has 2 rings (SSSR count). The minimum atomic E-state index is -0.805. The number of halogens is 2. The van der Waals surface area contributed by atoms with Crippen LogP contribution in [0, 0.1) is 25.5 Å². The topological polar surface area (TPSA) is 29.1 Å². The third-order valence-corrected chi connectivity index (χ3v) is 3.27. The largest absolute Gasteiger partial charge is 0.317 e. The van der Waals surface area contributed by atoms with Crippen LogP contribution in [-0.2, 0) is 0 Å². The maximum absolute atomic E-state index is 13.8. The van der Waals surface area contributed by atoms with Gasteiger partial charge in [-0.2, -0.15) is 0 Å². The van der Waals surface area contributed by atoms with E-state index in [1.54, 1.807) is 25.1 Å². The molecule has 0 aliphatic carbocycles. The van der Waals surface area contributed by atoms with Crippen LogP contribution in [0.1, 0.15) is 21.5 Å². The van der Waals surface area contributed by atoms with E-state index in [0.717, 1.165) is 6.07 Å². The molecule has 0 saturated carbocycles. The van der Waals surface area contributed by atoms with Crippen LogP contribution in [0.4, 0.5) is 14.5 Å². The highest BCUT2D eigenvalue weighted by Crippen LogP contribution is 2.23. The normalized spacial score (nSPS) is 10.4. The summed E-state index contributed by atoms with van der Waals surface area (Å²) in [6.07, 6.45) is 0. The van der Waals surface area contributed by atoms with Gasteiger partial charge in [-0.25, -0.2) is 8.78 Å². The number of carbonyl (C=O) groups excluding carboxylic acids is 1. The average Bonchev–Trinajstić information content (AvgIpc) is 2.41. The molecule has 2 aromatic carbocycles. The van der Waals surface area contributed by atoms with Crippen molar-refractivity contribution in [1.82, 2.24) is 0 Å². The molecule has 2 aromatic rings. The molecule has 104 valence electrons. The number of hydrogen-bond acceptors (Lipinski definition) is 2. The smallest absolute Gasteiger partial charge is 0.256 e. The minimum absolute atomic E-state index is 0.265. The summed E-state index contributed by atoms with van der Waals surface area (Å²) >= 11 is 4.15. The van der Waals surface area contributed by atoms with Gasteiger partial charge >= 0.3 is 0 Å². The zero-order valence-corrected chi connectivity index (χ0v) is 11.9. The van der Waals surface area contributed by atoms with E-state index in [9.17, 15) is 13.6 Å². The first-order valence-corrected chi connectivity index (χ1v) is 6.40. The summed E-state index contributed by atoms with van der Waals surface area (Å²) in [6.45, 7) is 3.25. The third-order valence-electron chi connectivity index (χ3n) is 2.99. The number of aryl methyl sites for hydroxylation is 2. The van der Waals surface area contributed by atoms with Crippen LogP contribution in [0.15, 0.2) is 35.2 Å². The van der Waals surface area contributed by atoms with Crippen LogP contribution in [0.2, 0.25) is 0 Å². The predicted octanol–water partition coefficient (Wildman–Crippen LogP) is 4.12. The van der Waals surface area contributed by atoms with E-state index in [2.05, 4.69) is 17.9 Å². The second-order valence-corrected chi connectivity index (χ2v) is 5.02. The van der Waals surface area contributed by atoms with Crippen molar-refractivity contribution < 1.29 is 13.6 Å². The number of nitrogens with one attached hydrogen (secondary N) is 1. The Labute approximate surface area is 121 Å². The predicted molar refractivity (Wildman–Crippen MR) is 77.5 cm³/mol. The Kier molecular flexibility index (Phi) is 4.09. The minimum Gasteiger partial charge on any atom is -0.317 e. The van der Waals surface area contributed by atoms with E-state index >= 15 is 0 Å². The first kappa shape index (κ1) is 14.5. The summed E-state index contributed by atoms with van der Waals surface area (Å²) in [6, 6.07) is 7.46. The molecule has 0 aromatic heterocycles. The Bertz CT molecular complexity index is 686. The van der Waals surface area contributed by atoms with Crippen molar-refractivity contribution in [2.45, 2.75) is 18.7 Å². The number of thiol groups is 1. The second kappa shape index (κ2) is 5.63. The molecule has 0 fully saturated rings. The van der Waals surface area contributed by atoms with E-state index < -0.39 is 23.2 Å². The van der Waals surface area contributed by atoms with Gasteiger partial charge in [0.25, 0.3) is 5.91 Å². The van der Waals surface area contributed by atoms with E-state index in [1.807, 2.05) is 0 Å². The molecular formula is C15H13F2NOS. The van der Waals surface area contributed by atoms with Gasteiger partial charge in [-0.05, 0) is 43.2 Å². The maximum Gasteiger partial charge on any atom is 0.256 e. The second-order valence-electron chi connectivity index (χ2n) is 4.51. The van der Waals surface area contributed by atoms with Crippen LogP contribution in [0.5, 0.6) is 0 Å². The monoisotopic (exact) mass is 293 g/mol. The summed E-state index contributed by atoms with van der Waals surface area (Å²) in [7, 11) is 0. The van der Waals surface area contributed by atoms with Crippen LogP contribution >= 0.6 is 12.6 Å². The standard InChI is InChI=1S/C15H13F2NOS/c1-8-3-5-10(20)7-11(8)15(19)18-14-12(16)6-4-9(2)13(14)17/h3-7,20H,1-2H3,(H,18,19). The van der Waals surface area contributed by atoms with E-state index in [-0.39, 0.29) is 5.56 Å². The van der Waals surface area contributed by atoms with E-state index in [4.69, 9.17) is 0 Å². The first-order valence-electron chi connectivity index (χ1n) is 5.95. The summed E-state index contributed by atoms with van der Waals surface area (Å²) in [5.41, 5.74) is 0.868. The van der Waals surface area contributed by atoms with Crippen molar-refractivity contribution in [2.24, 2.45) is 0 Å². The Balaban J connectivity index is 2.38. The van der Waals surface area contributed by atoms with Crippen molar-refractivity contribution >= 4 is 24.2 Å². The fraction of sp³-hybridized carbons (Fsp3) is 0.133. The molecule has 1 N–H and O–H groups in total. The SMILES string of the molecule is Cc1ccc(S)cc1C(=O)Nc1c(F)ccc(C)c1F. The Hall–Kier alpha value is -1.88. The van der Waals surface area contributed by atoms with Gasteiger partial charge in [-0.1, -0.05) is 12.1 Å². The van der Waals surface area contributed by atoms with E-state index in [1.165, 1.54) is 13.0 Å². The molecule has 1 amide bonds. The number of hydrogen-bond donors (Lipinski definition) is 2. The maximum atomic E-state index is 13.8. The lowest BCUT2D eigenvalue weighted by Gasteiger charge is -2.11. The quantitative estimate of drug-likeness (QED) is 0.801. The van der Waals surface area contributed by atoms with Gasteiger partial charge in [0.15, 0.2) is 5.82 Å². The van der Waals surface area contributed by atoms with Gasteiger partial charge in [0.1, 0.15) is 11.5 Å². The molecule has 0 bridgehead atoms. The summed E-state index contributed by atoms with van der Waals surface area (Å²) < 4.78 is 27.5. The molecule has 0 unspecified atom stereocenters. The summed E-state index contributed by atoms with van der Waals surface area (Å²) in [5.74, 6) is -2.14. The Morgan fingerprint density at radius 1 is 1.10 bits per heavy atom. The Morgan fingerprint density at radius 2 is 1.75 bits per heavy atom. The van der Waals surface area contributed by atoms with Crippen molar-refractivity contribution in [3.05, 3.63) is 58.7 Å². The van der Waals surface area contributed by atoms with Gasteiger partial charge in [0, 0.05) is 10.5 Å². The Morgan fingerprint density at radius 3 is 2.45 bits per heavy atom. The molecular weight excluding hydrogens is 280 g/mol. The molecule has 0 heterocycles. The van der Waals surface area contributed by atoms with Crippen molar-refractivity contribution in [3.8, 4) is 0 Å². The van der Waals surface area contributed by atoms with Gasteiger partial charge in [-0.3, -0.25) is 4.79 Å². The lowest BCUT2D eigenvalue weighted by atomic mass is 10.1. The zero-order valence-electron chi connectivity index (χ0n) is 11.0. The third kappa shape index (κ3) is 2.82. The molecule has 5 heteroatoms. The lowest BCUT2D eigenvalue weighted by Crippen LogP contribution is -2.16. The number of anilines is 1. The van der Waals surface area contributed by atoms with Crippen LogP contribution < -0.4 is 5.32 Å². The summed E-state index contributed by atoms with van der Waals surface area (Å²) in [5, 5.41) is 2.28. The van der Waals surface area contributed by atoms with Gasteiger partial charge < -0.3 is 5.32 Å². The highest BCUT2D eigenvalue weighted by molar-refractivity contribution is 7.80. The van der Waals surface area contributed by atoms with Crippen molar-refractivity contribution in [3.63, 3.8) is 0 Å². The molecule has 0 radical (unpaired) electrons. The first-order chi connectivity index (χ1) is 9.40. The summed E-state index contributed by atoms with van der Waals surface area (Å²) in [4.78, 5) is 12.7. The van der Waals surface area contributed by atoms with Crippen LogP contribution in [-0.4, -0.2) is 5.91 Å². The molecule has 20 heavy (non-hydrogen) atoms. The highest BCUT2D eigenvalue weighted by Gasteiger charge is 2.16. The molecule has 0 atom stereocenters.